The Morgan fingerprint density at radius 3 is 3.00 bits per heavy atom. The summed E-state index contributed by atoms with van der Waals surface area (Å²) >= 11 is 0. The summed E-state index contributed by atoms with van der Waals surface area (Å²) < 4.78 is 0. The molecule has 1 aromatic carbocycles. The van der Waals surface area contributed by atoms with Gasteiger partial charge in [0.2, 0.25) is 0 Å². The van der Waals surface area contributed by atoms with Crippen LogP contribution in [-0.2, 0) is 0 Å². The molecule has 14 heavy (non-hydrogen) atoms. The van der Waals surface area contributed by atoms with Gasteiger partial charge in [-0.1, -0.05) is 6.07 Å². The Morgan fingerprint density at radius 2 is 2.36 bits per heavy atom. The fraction of sp³-hybridized carbons (Fsp3) is 0.200. The van der Waals surface area contributed by atoms with Gasteiger partial charge < -0.3 is 10.1 Å². The molecule has 1 unspecified atom stereocenters. The summed E-state index contributed by atoms with van der Waals surface area (Å²) in [5.41, 5.74) is 1.91. The number of aliphatic hydroxyl groups is 1. The zero-order chi connectivity index (χ0) is 10.1. The summed E-state index contributed by atoms with van der Waals surface area (Å²) in [6.45, 7) is 1.63. The molecule has 2 N–H and O–H groups in total. The highest BCUT2D eigenvalue weighted by Gasteiger charge is 2.09. The van der Waals surface area contributed by atoms with Crippen LogP contribution in [-0.4, -0.2) is 15.1 Å². The number of nitrogens with one attached hydrogen (secondary N) is 1. The summed E-state index contributed by atoms with van der Waals surface area (Å²) in [5, 5.41) is 18.1. The standard InChI is InChI=1S/C10H9N3O/c1-6(14)10-12-8-4-2-3-7(5-11)9(8)13-10/h2-4,6,14H,1H3,(H,12,13). The van der Waals surface area contributed by atoms with Crippen molar-refractivity contribution < 1.29 is 5.11 Å². The molecule has 2 aromatic rings. The van der Waals surface area contributed by atoms with E-state index in [0.717, 1.165) is 5.52 Å². The fourth-order valence-electron chi connectivity index (χ4n) is 1.34. The van der Waals surface area contributed by atoms with E-state index in [1.54, 1.807) is 19.1 Å². The SMILES string of the molecule is CC(O)c1nc2c(C#N)cccc2[nH]1. The molecule has 1 aromatic heterocycles. The third-order valence-corrected chi connectivity index (χ3v) is 2.05. The number of para-hydroxylation sites is 1. The van der Waals surface area contributed by atoms with Crippen LogP contribution < -0.4 is 0 Å². The van der Waals surface area contributed by atoms with Crippen LogP contribution in [0.3, 0.4) is 0 Å². The Kier molecular flexibility index (Phi) is 1.95. The average molecular weight is 187 g/mol. The molecular formula is C10H9N3O. The molecule has 0 saturated heterocycles. The minimum Gasteiger partial charge on any atom is -0.385 e. The van der Waals surface area contributed by atoms with Gasteiger partial charge >= 0.3 is 0 Å². The van der Waals surface area contributed by atoms with E-state index in [1.807, 2.05) is 6.07 Å². The molecule has 1 atom stereocenters. The minimum atomic E-state index is -0.644. The van der Waals surface area contributed by atoms with Crippen molar-refractivity contribution in [2.45, 2.75) is 13.0 Å². The second-order valence-electron chi connectivity index (χ2n) is 3.11. The lowest BCUT2D eigenvalue weighted by Gasteiger charge is -1.95. The topological polar surface area (TPSA) is 72.7 Å². The van der Waals surface area contributed by atoms with Gasteiger partial charge in [0.15, 0.2) is 0 Å². The Labute approximate surface area is 80.8 Å². The van der Waals surface area contributed by atoms with Crippen LogP contribution in [0.4, 0.5) is 0 Å². The first-order valence-electron chi connectivity index (χ1n) is 4.29. The third-order valence-electron chi connectivity index (χ3n) is 2.05. The quantitative estimate of drug-likeness (QED) is 0.710. The van der Waals surface area contributed by atoms with Gasteiger partial charge in [-0.15, -0.1) is 0 Å². The molecule has 70 valence electrons. The molecule has 0 fully saturated rings. The Morgan fingerprint density at radius 1 is 1.57 bits per heavy atom. The molecule has 4 nitrogen and oxygen atoms in total. The smallest absolute Gasteiger partial charge is 0.135 e. The number of nitriles is 1. The van der Waals surface area contributed by atoms with E-state index in [4.69, 9.17) is 5.26 Å². The normalized spacial score (nSPS) is 12.6. The molecule has 1 heterocycles. The summed E-state index contributed by atoms with van der Waals surface area (Å²) in [6.07, 6.45) is -0.644. The molecule has 0 aliphatic rings. The van der Waals surface area contributed by atoms with Gasteiger partial charge in [0, 0.05) is 0 Å². The number of aromatic amines is 1. The van der Waals surface area contributed by atoms with E-state index in [2.05, 4.69) is 16.0 Å². The van der Waals surface area contributed by atoms with Gasteiger partial charge in [0.1, 0.15) is 23.5 Å². The maximum Gasteiger partial charge on any atom is 0.135 e. The van der Waals surface area contributed by atoms with E-state index < -0.39 is 6.10 Å². The van der Waals surface area contributed by atoms with Crippen LogP contribution in [0.2, 0.25) is 0 Å². The highest BCUT2D eigenvalue weighted by Crippen LogP contribution is 2.18. The van der Waals surface area contributed by atoms with Gasteiger partial charge in [-0.25, -0.2) is 4.98 Å². The largest absolute Gasteiger partial charge is 0.385 e. The number of fused-ring (bicyclic) bond motifs is 1. The van der Waals surface area contributed by atoms with Crippen molar-refractivity contribution in [1.82, 2.24) is 9.97 Å². The molecule has 0 amide bonds. The monoisotopic (exact) mass is 187 g/mol. The molecule has 0 saturated carbocycles. The first-order chi connectivity index (χ1) is 6.72. The summed E-state index contributed by atoms with van der Waals surface area (Å²) in [7, 11) is 0. The van der Waals surface area contributed by atoms with Gasteiger partial charge in [0.05, 0.1) is 11.1 Å². The maximum atomic E-state index is 9.31. The molecular weight excluding hydrogens is 178 g/mol. The van der Waals surface area contributed by atoms with E-state index in [0.29, 0.717) is 16.9 Å². The minimum absolute atomic E-state index is 0.489. The number of H-pyrrole nitrogens is 1. The van der Waals surface area contributed by atoms with Crippen molar-refractivity contribution in [3.63, 3.8) is 0 Å². The van der Waals surface area contributed by atoms with Crippen LogP contribution in [0.1, 0.15) is 24.4 Å². The van der Waals surface area contributed by atoms with Crippen molar-refractivity contribution in [2.75, 3.05) is 0 Å². The lowest BCUT2D eigenvalue weighted by Crippen LogP contribution is -1.92. The number of imidazole rings is 1. The fourth-order valence-corrected chi connectivity index (χ4v) is 1.34. The van der Waals surface area contributed by atoms with Crippen molar-refractivity contribution in [3.8, 4) is 6.07 Å². The van der Waals surface area contributed by atoms with Crippen molar-refractivity contribution in [3.05, 3.63) is 29.6 Å². The van der Waals surface area contributed by atoms with E-state index in [9.17, 15) is 5.11 Å². The number of nitrogens with zero attached hydrogens (tertiary/aromatic N) is 2. The summed E-state index contributed by atoms with van der Waals surface area (Å²) in [5.74, 6) is 0.489. The van der Waals surface area contributed by atoms with E-state index in [1.165, 1.54) is 0 Å². The average Bonchev–Trinajstić information content (AvgIpc) is 2.60. The van der Waals surface area contributed by atoms with Crippen molar-refractivity contribution in [1.29, 1.82) is 5.26 Å². The molecule has 0 aliphatic carbocycles. The molecule has 0 radical (unpaired) electrons. The van der Waals surface area contributed by atoms with Crippen LogP contribution >= 0.6 is 0 Å². The van der Waals surface area contributed by atoms with Crippen molar-refractivity contribution >= 4 is 11.0 Å². The molecule has 4 heteroatoms. The second kappa shape index (κ2) is 3.13. The molecule has 0 aliphatic heterocycles. The van der Waals surface area contributed by atoms with E-state index in [-0.39, 0.29) is 0 Å². The van der Waals surface area contributed by atoms with Crippen LogP contribution in [0.25, 0.3) is 11.0 Å². The maximum absolute atomic E-state index is 9.31. The third kappa shape index (κ3) is 1.24. The highest BCUT2D eigenvalue weighted by molar-refractivity contribution is 5.81. The van der Waals surface area contributed by atoms with Crippen LogP contribution in [0.15, 0.2) is 18.2 Å². The molecule has 2 rings (SSSR count). The summed E-state index contributed by atoms with van der Waals surface area (Å²) in [6, 6.07) is 7.37. The summed E-state index contributed by atoms with van der Waals surface area (Å²) in [4.78, 5) is 7.11. The highest BCUT2D eigenvalue weighted by atomic mass is 16.3. The molecule has 0 bridgehead atoms. The first kappa shape index (κ1) is 8.73. The second-order valence-corrected chi connectivity index (χ2v) is 3.11. The predicted molar refractivity (Wildman–Crippen MR) is 51.4 cm³/mol. The number of hydrogen-bond donors (Lipinski definition) is 2. The van der Waals surface area contributed by atoms with Gasteiger partial charge in [-0.05, 0) is 19.1 Å². The Hall–Kier alpha value is -1.86. The number of rotatable bonds is 1. The predicted octanol–water partition coefficient (Wildman–Crippen LogP) is 1.49. The zero-order valence-electron chi connectivity index (χ0n) is 7.65. The lowest BCUT2D eigenvalue weighted by atomic mass is 10.2. The van der Waals surface area contributed by atoms with Crippen molar-refractivity contribution in [2.24, 2.45) is 0 Å². The zero-order valence-corrected chi connectivity index (χ0v) is 7.65. The number of aromatic nitrogens is 2. The molecule has 0 spiro atoms. The van der Waals surface area contributed by atoms with Gasteiger partial charge in [-0.2, -0.15) is 5.26 Å². The van der Waals surface area contributed by atoms with Gasteiger partial charge in [-0.3, -0.25) is 0 Å². The lowest BCUT2D eigenvalue weighted by molar-refractivity contribution is 0.190. The van der Waals surface area contributed by atoms with Crippen LogP contribution in [0, 0.1) is 11.3 Å². The first-order valence-corrected chi connectivity index (χ1v) is 4.29. The Bertz CT molecular complexity index is 508. The van der Waals surface area contributed by atoms with Gasteiger partial charge in [0.25, 0.3) is 0 Å². The van der Waals surface area contributed by atoms with Crippen LogP contribution in [0.5, 0.6) is 0 Å². The Balaban J connectivity index is 2.72. The number of hydrogen-bond acceptors (Lipinski definition) is 3. The number of aliphatic hydroxyl groups excluding tert-OH is 1. The number of benzene rings is 1. The van der Waals surface area contributed by atoms with E-state index >= 15 is 0 Å².